The number of benzene rings is 4. The summed E-state index contributed by atoms with van der Waals surface area (Å²) in [5, 5.41) is 0. The summed E-state index contributed by atoms with van der Waals surface area (Å²) in [5.41, 5.74) is 6.56. The fourth-order valence-corrected chi connectivity index (χ4v) is 5.42. The van der Waals surface area contributed by atoms with Crippen molar-refractivity contribution in [3.8, 4) is 57.1 Å². The second kappa shape index (κ2) is 15.1. The number of methoxy groups -OCH3 is 8. The highest BCUT2D eigenvalue weighted by Gasteiger charge is 2.16. The predicted molar refractivity (Wildman–Crippen MR) is 172 cm³/mol. The first-order valence-corrected chi connectivity index (χ1v) is 14.3. The van der Waals surface area contributed by atoms with E-state index in [2.05, 4.69) is 24.3 Å². The number of hydrogen-bond donors (Lipinski definition) is 0. The summed E-state index contributed by atoms with van der Waals surface area (Å²) < 4.78 is 44.6. The lowest BCUT2D eigenvalue weighted by Gasteiger charge is -2.16. The molecule has 0 saturated carbocycles. The first kappa shape index (κ1) is 32.2. The summed E-state index contributed by atoms with van der Waals surface area (Å²) in [4.78, 5) is 0. The predicted octanol–water partition coefficient (Wildman–Crippen LogP) is 6.99. The molecule has 0 saturated heterocycles. The van der Waals surface area contributed by atoms with Crippen LogP contribution >= 0.6 is 0 Å². The molecule has 44 heavy (non-hydrogen) atoms. The molecule has 0 aliphatic rings. The van der Waals surface area contributed by atoms with E-state index in [1.807, 2.05) is 36.4 Å². The molecule has 8 heteroatoms. The smallest absolute Gasteiger partial charge is 0.203 e. The van der Waals surface area contributed by atoms with Crippen LogP contribution < -0.4 is 37.9 Å². The summed E-state index contributed by atoms with van der Waals surface area (Å²) in [6.45, 7) is 0. The standard InChI is InChI=1S/C36H42O8/c1-37-29-15-13-25(21-27(29)11-9-23-17-31(39-3)35(43-7)32(18-23)40-4)26-14-16-30(38-2)28(22-26)12-10-24-19-33(41-5)36(44-8)34(20-24)42-6/h13-22H,9-12H2,1-8H3. The van der Waals surface area contributed by atoms with E-state index in [0.717, 1.165) is 70.6 Å². The molecule has 0 heterocycles. The Labute approximate surface area is 260 Å². The van der Waals surface area contributed by atoms with Gasteiger partial charge in [-0.2, -0.15) is 0 Å². The van der Waals surface area contributed by atoms with E-state index >= 15 is 0 Å². The maximum absolute atomic E-state index is 5.73. The van der Waals surface area contributed by atoms with Crippen LogP contribution in [0.25, 0.3) is 11.1 Å². The third-order valence-corrected chi connectivity index (χ3v) is 7.71. The average molecular weight is 603 g/mol. The fourth-order valence-electron chi connectivity index (χ4n) is 5.42. The van der Waals surface area contributed by atoms with Gasteiger partial charge in [-0.1, -0.05) is 12.1 Å². The Kier molecular flexibility index (Phi) is 11.1. The van der Waals surface area contributed by atoms with Crippen molar-refractivity contribution in [2.75, 3.05) is 56.9 Å². The third kappa shape index (κ3) is 7.08. The molecule has 0 atom stereocenters. The Balaban J connectivity index is 1.60. The van der Waals surface area contributed by atoms with Gasteiger partial charge in [0.05, 0.1) is 56.9 Å². The first-order chi connectivity index (χ1) is 21.4. The SMILES string of the molecule is COc1ccc(-c2ccc(OC)c(CCc3cc(OC)c(OC)c(OC)c3)c2)cc1CCc1cc(OC)c(OC)c(OC)c1. The zero-order valence-corrected chi connectivity index (χ0v) is 26.9. The van der Waals surface area contributed by atoms with Crippen LogP contribution in [0.3, 0.4) is 0 Å². The summed E-state index contributed by atoms with van der Waals surface area (Å²) in [7, 11) is 13.1. The van der Waals surface area contributed by atoms with Gasteiger partial charge in [-0.25, -0.2) is 0 Å². The summed E-state index contributed by atoms with van der Waals surface area (Å²) >= 11 is 0. The van der Waals surface area contributed by atoms with Gasteiger partial charge in [0, 0.05) is 0 Å². The molecule has 0 aliphatic carbocycles. The molecule has 4 aromatic rings. The van der Waals surface area contributed by atoms with E-state index in [4.69, 9.17) is 37.9 Å². The second-order valence-corrected chi connectivity index (χ2v) is 10.1. The molecular formula is C36H42O8. The zero-order valence-electron chi connectivity index (χ0n) is 26.9. The number of ether oxygens (including phenoxy) is 8. The van der Waals surface area contributed by atoms with Crippen LogP contribution in [0, 0.1) is 0 Å². The lowest BCUT2D eigenvalue weighted by atomic mass is 9.95. The number of hydrogen-bond acceptors (Lipinski definition) is 8. The van der Waals surface area contributed by atoms with Gasteiger partial charge in [0.25, 0.3) is 0 Å². The van der Waals surface area contributed by atoms with Crippen molar-refractivity contribution >= 4 is 0 Å². The van der Waals surface area contributed by atoms with Crippen LogP contribution in [0.5, 0.6) is 46.0 Å². The van der Waals surface area contributed by atoms with Gasteiger partial charge < -0.3 is 37.9 Å². The minimum absolute atomic E-state index is 0.582. The van der Waals surface area contributed by atoms with Crippen molar-refractivity contribution in [1.29, 1.82) is 0 Å². The van der Waals surface area contributed by atoms with Gasteiger partial charge in [0.1, 0.15) is 11.5 Å². The zero-order chi connectivity index (χ0) is 31.6. The van der Waals surface area contributed by atoms with Crippen LogP contribution in [0.2, 0.25) is 0 Å². The van der Waals surface area contributed by atoms with E-state index in [-0.39, 0.29) is 0 Å². The molecule has 4 rings (SSSR count). The van der Waals surface area contributed by atoms with E-state index in [1.54, 1.807) is 56.9 Å². The number of rotatable bonds is 15. The Morgan fingerprint density at radius 1 is 0.341 bits per heavy atom. The molecule has 0 spiro atoms. The lowest BCUT2D eigenvalue weighted by molar-refractivity contribution is 0.323. The van der Waals surface area contributed by atoms with Crippen LogP contribution in [0.15, 0.2) is 60.7 Å². The molecule has 0 fully saturated rings. The molecule has 0 N–H and O–H groups in total. The van der Waals surface area contributed by atoms with Crippen LogP contribution in [-0.2, 0) is 25.7 Å². The summed E-state index contributed by atoms with van der Waals surface area (Å²) in [5.74, 6) is 5.41. The van der Waals surface area contributed by atoms with Crippen LogP contribution in [0.1, 0.15) is 22.3 Å². The largest absolute Gasteiger partial charge is 0.496 e. The van der Waals surface area contributed by atoms with Crippen molar-refractivity contribution in [3.05, 3.63) is 82.9 Å². The summed E-state index contributed by atoms with van der Waals surface area (Å²) in [6, 6.07) is 20.6. The quantitative estimate of drug-likeness (QED) is 0.144. The van der Waals surface area contributed by atoms with Gasteiger partial charge in [-0.15, -0.1) is 0 Å². The fraction of sp³-hybridized carbons (Fsp3) is 0.333. The minimum Gasteiger partial charge on any atom is -0.496 e. The molecule has 0 unspecified atom stereocenters. The lowest BCUT2D eigenvalue weighted by Crippen LogP contribution is -2.00. The van der Waals surface area contributed by atoms with E-state index < -0.39 is 0 Å². The molecule has 0 radical (unpaired) electrons. The highest BCUT2D eigenvalue weighted by molar-refractivity contribution is 5.68. The monoisotopic (exact) mass is 602 g/mol. The van der Waals surface area contributed by atoms with Gasteiger partial charge in [0.2, 0.25) is 11.5 Å². The van der Waals surface area contributed by atoms with E-state index in [9.17, 15) is 0 Å². The van der Waals surface area contributed by atoms with Crippen molar-refractivity contribution < 1.29 is 37.9 Å². The van der Waals surface area contributed by atoms with Crippen molar-refractivity contribution in [2.45, 2.75) is 25.7 Å². The number of aryl methyl sites for hydroxylation is 4. The maximum Gasteiger partial charge on any atom is 0.203 e. The van der Waals surface area contributed by atoms with E-state index in [0.29, 0.717) is 34.5 Å². The molecule has 4 aromatic carbocycles. The van der Waals surface area contributed by atoms with Crippen molar-refractivity contribution in [3.63, 3.8) is 0 Å². The molecule has 0 bridgehead atoms. The topological polar surface area (TPSA) is 73.8 Å². The van der Waals surface area contributed by atoms with Gasteiger partial charge >= 0.3 is 0 Å². The normalized spacial score (nSPS) is 10.6. The molecular weight excluding hydrogens is 560 g/mol. The Hall–Kier alpha value is -4.72. The molecule has 234 valence electrons. The molecule has 0 amide bonds. The second-order valence-electron chi connectivity index (χ2n) is 10.1. The maximum atomic E-state index is 5.73. The van der Waals surface area contributed by atoms with Gasteiger partial charge in [0.15, 0.2) is 23.0 Å². The highest BCUT2D eigenvalue weighted by Crippen LogP contribution is 2.40. The van der Waals surface area contributed by atoms with Gasteiger partial charge in [-0.3, -0.25) is 0 Å². The Morgan fingerprint density at radius 3 is 0.932 bits per heavy atom. The molecule has 0 aromatic heterocycles. The molecule has 8 nitrogen and oxygen atoms in total. The molecule has 0 aliphatic heterocycles. The van der Waals surface area contributed by atoms with Crippen LogP contribution in [0.4, 0.5) is 0 Å². The minimum atomic E-state index is 0.582. The summed E-state index contributed by atoms with van der Waals surface area (Å²) in [6.07, 6.45) is 3.05. The Bertz CT molecular complexity index is 1400. The first-order valence-electron chi connectivity index (χ1n) is 14.3. The Morgan fingerprint density at radius 2 is 0.659 bits per heavy atom. The van der Waals surface area contributed by atoms with Crippen LogP contribution in [-0.4, -0.2) is 56.9 Å². The highest BCUT2D eigenvalue weighted by atomic mass is 16.5. The third-order valence-electron chi connectivity index (χ3n) is 7.71. The van der Waals surface area contributed by atoms with E-state index in [1.165, 1.54) is 0 Å². The van der Waals surface area contributed by atoms with Crippen molar-refractivity contribution in [1.82, 2.24) is 0 Å². The van der Waals surface area contributed by atoms with Crippen molar-refractivity contribution in [2.24, 2.45) is 0 Å². The average Bonchev–Trinajstić information content (AvgIpc) is 3.08. The van der Waals surface area contributed by atoms with Gasteiger partial charge in [-0.05, 0) is 108 Å².